The van der Waals surface area contributed by atoms with Crippen LogP contribution in [0.3, 0.4) is 0 Å². The van der Waals surface area contributed by atoms with Gasteiger partial charge in [-0.05, 0) is 47.9 Å². The predicted octanol–water partition coefficient (Wildman–Crippen LogP) is 6.36. The molecule has 0 N–H and O–H groups in total. The van der Waals surface area contributed by atoms with Gasteiger partial charge in [0.15, 0.2) is 11.6 Å². The largest absolute Gasteiger partial charge is 0.459 e. The van der Waals surface area contributed by atoms with E-state index in [9.17, 15) is 18.4 Å². The lowest BCUT2D eigenvalue weighted by Gasteiger charge is -2.09. The lowest BCUT2D eigenvalue weighted by atomic mass is 10.00. The fraction of sp³-hybridized carbons (Fsp3) is 0.0370. The summed E-state index contributed by atoms with van der Waals surface area (Å²) in [5.74, 6) is -2.45. The Labute approximate surface area is 195 Å². The van der Waals surface area contributed by atoms with Crippen LogP contribution >= 0.6 is 0 Å². The summed E-state index contributed by atoms with van der Waals surface area (Å²) >= 11 is 0. The summed E-state index contributed by atoms with van der Waals surface area (Å²) in [5, 5.41) is 0. The second-order valence-corrected chi connectivity index (χ2v) is 7.07. The molecule has 0 fully saturated rings. The minimum Gasteiger partial charge on any atom is -0.459 e. The van der Waals surface area contributed by atoms with E-state index in [1.165, 1.54) is 31.2 Å². The van der Waals surface area contributed by atoms with Gasteiger partial charge in [0.25, 0.3) is 0 Å². The van der Waals surface area contributed by atoms with Crippen LogP contribution < -0.4 is 9.47 Å². The fourth-order valence-corrected chi connectivity index (χ4v) is 2.85. The Bertz CT molecular complexity index is 1280. The minimum absolute atomic E-state index is 0.0548. The first-order valence-corrected chi connectivity index (χ1v) is 10.0. The number of benzene rings is 3. The van der Waals surface area contributed by atoms with Gasteiger partial charge in [-0.2, -0.15) is 0 Å². The van der Waals surface area contributed by atoms with Gasteiger partial charge in [0, 0.05) is 23.3 Å². The van der Waals surface area contributed by atoms with Crippen molar-refractivity contribution in [2.45, 2.75) is 6.92 Å². The van der Waals surface area contributed by atoms with Gasteiger partial charge in [-0.25, -0.2) is 18.4 Å². The second-order valence-electron chi connectivity index (χ2n) is 7.07. The summed E-state index contributed by atoms with van der Waals surface area (Å²) in [6.07, 6.45) is 3.00. The molecule has 0 heterocycles. The van der Waals surface area contributed by atoms with Crippen molar-refractivity contribution in [2.75, 3.05) is 0 Å². The van der Waals surface area contributed by atoms with Gasteiger partial charge in [0.2, 0.25) is 0 Å². The van der Waals surface area contributed by atoms with E-state index >= 15 is 0 Å². The molecular formula is C27H20F2O5. The van der Waals surface area contributed by atoms with Crippen LogP contribution in [0.5, 0.6) is 11.5 Å². The first-order chi connectivity index (χ1) is 16.3. The molecule has 0 unspecified atom stereocenters. The Morgan fingerprint density at radius 1 is 0.853 bits per heavy atom. The van der Waals surface area contributed by atoms with Gasteiger partial charge in [-0.3, -0.25) is 0 Å². The van der Waals surface area contributed by atoms with E-state index in [0.717, 1.165) is 24.7 Å². The Hall–Kier alpha value is -4.52. The predicted molar refractivity (Wildman–Crippen MR) is 124 cm³/mol. The average Bonchev–Trinajstić information content (AvgIpc) is 2.82. The number of hydrogen-bond acceptors (Lipinski definition) is 5. The molecule has 7 heteroatoms. The first kappa shape index (κ1) is 24.1. The number of carbonyl (C=O) groups is 2. The van der Waals surface area contributed by atoms with Gasteiger partial charge in [0.05, 0.1) is 0 Å². The third-order valence-electron chi connectivity index (χ3n) is 4.56. The van der Waals surface area contributed by atoms with Crippen molar-refractivity contribution in [3.63, 3.8) is 0 Å². The van der Waals surface area contributed by atoms with Crippen molar-refractivity contribution in [3.05, 3.63) is 110 Å². The molecule has 172 valence electrons. The summed E-state index contributed by atoms with van der Waals surface area (Å²) < 4.78 is 43.7. The summed E-state index contributed by atoms with van der Waals surface area (Å²) in [6.45, 7) is 8.24. The maximum Gasteiger partial charge on any atom is 0.338 e. The molecule has 0 bridgehead atoms. The normalized spacial score (nSPS) is 10.6. The van der Waals surface area contributed by atoms with Crippen molar-refractivity contribution in [1.82, 2.24) is 0 Å². The lowest BCUT2D eigenvalue weighted by molar-refractivity contribution is -0.132. The lowest BCUT2D eigenvalue weighted by Crippen LogP contribution is -2.08. The van der Waals surface area contributed by atoms with Crippen molar-refractivity contribution >= 4 is 11.9 Å². The molecule has 3 aromatic rings. The smallest absolute Gasteiger partial charge is 0.338 e. The molecule has 0 saturated carbocycles. The molecule has 3 rings (SSSR count). The van der Waals surface area contributed by atoms with Crippen molar-refractivity contribution in [1.29, 1.82) is 0 Å². The van der Waals surface area contributed by atoms with E-state index in [1.807, 2.05) is 0 Å². The molecule has 34 heavy (non-hydrogen) atoms. The standard InChI is InChI=1S/C27H20F2O5/c1-4-26(30)33-14-13-32-25-12-9-20(15-24(25)29)18-5-7-19(8-6-18)22-11-10-21(16-23(22)28)34-27(31)17(2)3/h4-16H,1-2H2,3H3. The minimum atomic E-state index is -0.666. The molecule has 0 atom stereocenters. The van der Waals surface area contributed by atoms with E-state index < -0.39 is 23.6 Å². The van der Waals surface area contributed by atoms with Gasteiger partial charge in [-0.15, -0.1) is 0 Å². The van der Waals surface area contributed by atoms with Crippen molar-refractivity contribution in [2.24, 2.45) is 0 Å². The number of halogens is 2. The molecule has 0 spiro atoms. The van der Waals surface area contributed by atoms with E-state index in [0.29, 0.717) is 22.3 Å². The highest BCUT2D eigenvalue weighted by Crippen LogP contribution is 2.30. The van der Waals surface area contributed by atoms with Gasteiger partial charge < -0.3 is 14.2 Å². The number of esters is 2. The third-order valence-corrected chi connectivity index (χ3v) is 4.56. The molecule has 0 aromatic heterocycles. The van der Waals surface area contributed by atoms with E-state index in [1.54, 1.807) is 30.3 Å². The van der Waals surface area contributed by atoms with E-state index in [4.69, 9.17) is 9.47 Å². The summed E-state index contributed by atoms with van der Waals surface area (Å²) in [6, 6.07) is 15.4. The Morgan fingerprint density at radius 3 is 2.15 bits per heavy atom. The van der Waals surface area contributed by atoms with Crippen LogP contribution in [-0.4, -0.2) is 11.9 Å². The van der Waals surface area contributed by atoms with Crippen molar-refractivity contribution < 1.29 is 32.6 Å². The maximum absolute atomic E-state index is 14.6. The van der Waals surface area contributed by atoms with E-state index in [2.05, 4.69) is 17.9 Å². The summed E-state index contributed by atoms with van der Waals surface area (Å²) in [5.41, 5.74) is 2.42. The maximum atomic E-state index is 14.6. The molecule has 0 amide bonds. The van der Waals surface area contributed by atoms with Gasteiger partial charge in [0.1, 0.15) is 24.1 Å². The van der Waals surface area contributed by atoms with Crippen LogP contribution in [-0.2, 0) is 14.3 Å². The highest BCUT2D eigenvalue weighted by atomic mass is 19.1. The highest BCUT2D eigenvalue weighted by Gasteiger charge is 2.11. The molecular weight excluding hydrogens is 442 g/mol. The number of hydrogen-bond donors (Lipinski definition) is 0. The topological polar surface area (TPSA) is 61.8 Å². The van der Waals surface area contributed by atoms with Crippen molar-refractivity contribution in [3.8, 4) is 33.8 Å². The average molecular weight is 462 g/mol. The number of carbonyl (C=O) groups excluding carboxylic acids is 2. The zero-order chi connectivity index (χ0) is 24.7. The Morgan fingerprint density at radius 2 is 1.53 bits per heavy atom. The van der Waals surface area contributed by atoms with Crippen LogP contribution in [0, 0.1) is 11.6 Å². The molecule has 0 aliphatic carbocycles. The second kappa shape index (κ2) is 10.9. The van der Waals surface area contributed by atoms with Gasteiger partial charge >= 0.3 is 11.9 Å². The SMILES string of the molecule is C=CC(=O)OC=COc1ccc(-c2ccc(-c3ccc(OC(=O)C(=C)C)cc3F)cc2)cc1F. The number of ether oxygens (including phenoxy) is 3. The van der Waals surface area contributed by atoms with Crippen LogP contribution in [0.25, 0.3) is 22.3 Å². The quantitative estimate of drug-likeness (QED) is 0.169. The monoisotopic (exact) mass is 462 g/mol. The molecule has 0 radical (unpaired) electrons. The van der Waals surface area contributed by atoms with Crippen LogP contribution in [0.4, 0.5) is 8.78 Å². The highest BCUT2D eigenvalue weighted by molar-refractivity contribution is 5.88. The van der Waals surface area contributed by atoms with Gasteiger partial charge in [-0.1, -0.05) is 43.5 Å². The zero-order valence-electron chi connectivity index (χ0n) is 18.2. The van der Waals surface area contributed by atoms with Crippen LogP contribution in [0.15, 0.2) is 98.0 Å². The van der Waals surface area contributed by atoms with Crippen LogP contribution in [0.1, 0.15) is 6.92 Å². The van der Waals surface area contributed by atoms with Crippen LogP contribution in [0.2, 0.25) is 0 Å². The summed E-state index contributed by atoms with van der Waals surface area (Å²) in [7, 11) is 0. The van der Waals surface area contributed by atoms with E-state index in [-0.39, 0.29) is 17.1 Å². The fourth-order valence-electron chi connectivity index (χ4n) is 2.85. The molecule has 0 aliphatic heterocycles. The zero-order valence-corrected chi connectivity index (χ0v) is 18.2. The Kier molecular flexibility index (Phi) is 7.71. The third kappa shape index (κ3) is 6.04. The molecule has 3 aromatic carbocycles. The summed E-state index contributed by atoms with van der Waals surface area (Å²) in [4.78, 5) is 22.5. The first-order valence-electron chi connectivity index (χ1n) is 10.0. The molecule has 5 nitrogen and oxygen atoms in total. The molecule has 0 aliphatic rings. The Balaban J connectivity index is 1.72. The molecule has 0 saturated heterocycles. The number of rotatable bonds is 8.